The number of benzene rings is 2. The molecule has 28 heavy (non-hydrogen) atoms. The first-order valence-corrected chi connectivity index (χ1v) is 10.8. The number of para-hydroxylation sites is 2. The Hall–Kier alpha value is -2.61. The Balaban J connectivity index is 1.60. The number of hydrogen-bond acceptors (Lipinski definition) is 4. The van der Waals surface area contributed by atoms with Crippen molar-refractivity contribution in [3.8, 4) is 5.75 Å². The van der Waals surface area contributed by atoms with E-state index in [9.17, 15) is 17.6 Å². The van der Waals surface area contributed by atoms with Crippen molar-refractivity contribution in [1.82, 2.24) is 5.32 Å². The molecular formula is C20H23FN2O4S. The molecule has 1 aliphatic rings. The first kappa shape index (κ1) is 20.1. The topological polar surface area (TPSA) is 75.7 Å². The fourth-order valence-corrected chi connectivity index (χ4v) is 4.15. The van der Waals surface area contributed by atoms with Gasteiger partial charge in [-0.1, -0.05) is 24.3 Å². The molecule has 0 spiro atoms. The van der Waals surface area contributed by atoms with Gasteiger partial charge < -0.3 is 10.1 Å². The average Bonchev–Trinajstić information content (AvgIpc) is 2.71. The Kier molecular flexibility index (Phi) is 6.18. The van der Waals surface area contributed by atoms with E-state index in [1.165, 1.54) is 16.4 Å². The molecule has 0 saturated heterocycles. The lowest BCUT2D eigenvalue weighted by molar-refractivity contribution is -0.127. The predicted octanol–water partition coefficient (Wildman–Crippen LogP) is 2.49. The summed E-state index contributed by atoms with van der Waals surface area (Å²) in [5.41, 5.74) is 1.43. The first-order chi connectivity index (χ1) is 13.4. The highest BCUT2D eigenvalue weighted by Crippen LogP contribution is 2.35. The van der Waals surface area contributed by atoms with Crippen molar-refractivity contribution in [1.29, 1.82) is 0 Å². The summed E-state index contributed by atoms with van der Waals surface area (Å²) in [6.45, 7) is 1.92. The maximum absolute atomic E-state index is 12.9. The molecule has 1 atom stereocenters. The number of amides is 1. The van der Waals surface area contributed by atoms with Crippen molar-refractivity contribution >= 4 is 21.6 Å². The lowest BCUT2D eigenvalue weighted by atomic mass is 10.1. The summed E-state index contributed by atoms with van der Waals surface area (Å²) in [7, 11) is -3.52. The fraction of sp³-hybridized carbons (Fsp3) is 0.350. The van der Waals surface area contributed by atoms with E-state index in [0.29, 0.717) is 30.8 Å². The van der Waals surface area contributed by atoms with Crippen LogP contribution in [0.4, 0.5) is 10.1 Å². The molecule has 0 bridgehead atoms. The van der Waals surface area contributed by atoms with Crippen LogP contribution in [0.3, 0.4) is 0 Å². The standard InChI is InChI=1S/C20H23FN2O4S/c1-2-28(25,26)23-14-19(27-18-8-4-3-7-17(18)23)20(24)22-13-5-6-15-9-11-16(21)12-10-15/h3-4,7-12,19H,2,5-6,13-14H2,1H3,(H,22,24). The van der Waals surface area contributed by atoms with Crippen LogP contribution >= 0.6 is 0 Å². The van der Waals surface area contributed by atoms with Gasteiger partial charge in [-0.05, 0) is 49.6 Å². The van der Waals surface area contributed by atoms with Gasteiger partial charge in [0.1, 0.15) is 11.6 Å². The molecule has 6 nitrogen and oxygen atoms in total. The lowest BCUT2D eigenvalue weighted by Gasteiger charge is -2.34. The molecule has 1 amide bonds. The molecule has 1 aliphatic heterocycles. The molecule has 1 unspecified atom stereocenters. The summed E-state index contributed by atoms with van der Waals surface area (Å²) in [6, 6.07) is 13.0. The molecule has 2 aromatic rings. The van der Waals surface area contributed by atoms with Gasteiger partial charge in [-0.3, -0.25) is 9.10 Å². The van der Waals surface area contributed by atoms with E-state index in [4.69, 9.17) is 4.74 Å². The van der Waals surface area contributed by atoms with E-state index in [0.717, 1.165) is 5.56 Å². The monoisotopic (exact) mass is 406 g/mol. The van der Waals surface area contributed by atoms with Crippen molar-refractivity contribution in [2.24, 2.45) is 0 Å². The number of halogens is 1. The number of carbonyl (C=O) groups excluding carboxylic acids is 1. The Morgan fingerprint density at radius 2 is 1.93 bits per heavy atom. The Labute approximate surface area is 164 Å². The van der Waals surface area contributed by atoms with Gasteiger partial charge in [-0.15, -0.1) is 0 Å². The third kappa shape index (κ3) is 4.62. The minimum absolute atomic E-state index is 0.0585. The number of rotatable bonds is 7. The number of fused-ring (bicyclic) bond motifs is 1. The number of nitrogens with one attached hydrogen (secondary N) is 1. The van der Waals surface area contributed by atoms with Gasteiger partial charge in [-0.25, -0.2) is 12.8 Å². The van der Waals surface area contributed by atoms with Crippen LogP contribution in [0.2, 0.25) is 0 Å². The van der Waals surface area contributed by atoms with Crippen molar-refractivity contribution < 1.29 is 22.3 Å². The number of hydrogen-bond donors (Lipinski definition) is 1. The molecule has 0 saturated carbocycles. The van der Waals surface area contributed by atoms with Gasteiger partial charge in [0, 0.05) is 6.54 Å². The van der Waals surface area contributed by atoms with E-state index in [1.807, 2.05) is 0 Å². The van der Waals surface area contributed by atoms with Crippen molar-refractivity contribution in [2.75, 3.05) is 23.1 Å². The second-order valence-electron chi connectivity index (χ2n) is 6.53. The van der Waals surface area contributed by atoms with E-state index in [2.05, 4.69) is 5.32 Å². The summed E-state index contributed by atoms with van der Waals surface area (Å²) in [6.07, 6.45) is 0.463. The second-order valence-corrected chi connectivity index (χ2v) is 8.71. The molecule has 8 heteroatoms. The van der Waals surface area contributed by atoms with Crippen LogP contribution < -0.4 is 14.4 Å². The summed E-state index contributed by atoms with van der Waals surface area (Å²) < 4.78 is 44.8. The molecule has 0 fully saturated rings. The second kappa shape index (κ2) is 8.60. The Morgan fingerprint density at radius 1 is 1.21 bits per heavy atom. The average molecular weight is 406 g/mol. The SMILES string of the molecule is CCS(=O)(=O)N1CC(C(=O)NCCCc2ccc(F)cc2)Oc2ccccc21. The highest BCUT2D eigenvalue weighted by Gasteiger charge is 2.35. The largest absolute Gasteiger partial charge is 0.476 e. The first-order valence-electron chi connectivity index (χ1n) is 9.19. The molecule has 0 aliphatic carbocycles. The quantitative estimate of drug-likeness (QED) is 0.717. The van der Waals surface area contributed by atoms with Crippen molar-refractivity contribution in [3.63, 3.8) is 0 Å². The number of aryl methyl sites for hydroxylation is 1. The zero-order valence-electron chi connectivity index (χ0n) is 15.6. The van der Waals surface area contributed by atoms with Crippen molar-refractivity contribution in [2.45, 2.75) is 25.9 Å². The fourth-order valence-electron chi connectivity index (χ4n) is 3.03. The number of carbonyl (C=O) groups is 1. The zero-order valence-corrected chi connectivity index (χ0v) is 16.4. The number of nitrogens with zero attached hydrogens (tertiary/aromatic N) is 1. The van der Waals surface area contributed by atoms with Gasteiger partial charge in [0.05, 0.1) is 18.0 Å². The van der Waals surface area contributed by atoms with Crippen LogP contribution in [0.1, 0.15) is 18.9 Å². The summed E-state index contributed by atoms with van der Waals surface area (Å²) in [4.78, 5) is 12.5. The number of ether oxygens (including phenoxy) is 1. The molecule has 150 valence electrons. The number of anilines is 1. The lowest BCUT2D eigenvalue weighted by Crippen LogP contribution is -2.51. The van der Waals surface area contributed by atoms with Crippen LogP contribution in [0.15, 0.2) is 48.5 Å². The van der Waals surface area contributed by atoms with Crippen LogP contribution in [0.25, 0.3) is 0 Å². The Morgan fingerprint density at radius 3 is 2.64 bits per heavy atom. The van der Waals surface area contributed by atoms with Crippen LogP contribution in [-0.4, -0.2) is 39.3 Å². The Bertz CT molecular complexity index is 931. The zero-order chi connectivity index (χ0) is 20.1. The third-order valence-corrected chi connectivity index (χ3v) is 6.33. The maximum atomic E-state index is 12.9. The maximum Gasteiger partial charge on any atom is 0.263 e. The highest BCUT2D eigenvalue weighted by atomic mass is 32.2. The smallest absolute Gasteiger partial charge is 0.263 e. The summed E-state index contributed by atoms with van der Waals surface area (Å²) >= 11 is 0. The molecular weight excluding hydrogens is 383 g/mol. The highest BCUT2D eigenvalue weighted by molar-refractivity contribution is 7.92. The summed E-state index contributed by atoms with van der Waals surface area (Å²) in [5, 5.41) is 2.80. The third-order valence-electron chi connectivity index (χ3n) is 4.58. The van der Waals surface area contributed by atoms with Gasteiger partial charge >= 0.3 is 0 Å². The van der Waals surface area contributed by atoms with E-state index in [1.54, 1.807) is 43.3 Å². The molecule has 0 radical (unpaired) electrons. The van der Waals surface area contributed by atoms with Crippen LogP contribution in [-0.2, 0) is 21.2 Å². The molecule has 1 heterocycles. The van der Waals surface area contributed by atoms with Gasteiger partial charge in [0.25, 0.3) is 5.91 Å². The van der Waals surface area contributed by atoms with Gasteiger partial charge in [0.2, 0.25) is 10.0 Å². The molecule has 3 rings (SSSR count). The summed E-state index contributed by atoms with van der Waals surface area (Å²) in [5.74, 6) is -0.326. The van der Waals surface area contributed by atoms with Gasteiger partial charge in [-0.2, -0.15) is 0 Å². The van der Waals surface area contributed by atoms with E-state index in [-0.39, 0.29) is 24.0 Å². The predicted molar refractivity (Wildman–Crippen MR) is 105 cm³/mol. The minimum Gasteiger partial charge on any atom is -0.476 e. The van der Waals surface area contributed by atoms with Gasteiger partial charge in [0.15, 0.2) is 6.10 Å². The normalized spacial score (nSPS) is 16.2. The van der Waals surface area contributed by atoms with E-state index < -0.39 is 16.1 Å². The van der Waals surface area contributed by atoms with Crippen LogP contribution in [0, 0.1) is 5.82 Å². The molecule has 0 aromatic heterocycles. The minimum atomic E-state index is -3.52. The van der Waals surface area contributed by atoms with E-state index >= 15 is 0 Å². The molecule has 2 aromatic carbocycles. The van der Waals surface area contributed by atoms with Crippen LogP contribution in [0.5, 0.6) is 5.75 Å². The number of sulfonamides is 1. The van der Waals surface area contributed by atoms with Crippen molar-refractivity contribution in [3.05, 3.63) is 59.9 Å². The molecule has 1 N–H and O–H groups in total.